The van der Waals surface area contributed by atoms with Crippen LogP contribution in [0.2, 0.25) is 0 Å². The number of anilines is 2. The van der Waals surface area contributed by atoms with Crippen LogP contribution in [0.3, 0.4) is 0 Å². The van der Waals surface area contributed by atoms with Crippen LogP contribution in [-0.2, 0) is 0 Å². The second-order valence-corrected chi connectivity index (χ2v) is 4.76. The van der Waals surface area contributed by atoms with Gasteiger partial charge in [0, 0.05) is 31.9 Å². The number of hydrogen-bond acceptors (Lipinski definition) is 2. The van der Waals surface area contributed by atoms with E-state index in [1.165, 1.54) is 6.07 Å². The first kappa shape index (κ1) is 15.8. The summed E-state index contributed by atoms with van der Waals surface area (Å²) in [5, 5.41) is 4.96. The number of carbonyl (C=O) groups is 1. The molecule has 0 aliphatic rings. The van der Waals surface area contributed by atoms with E-state index in [9.17, 15) is 13.6 Å². The maximum atomic E-state index is 13.4. The molecule has 0 aliphatic heterocycles. The second-order valence-electron chi connectivity index (χ2n) is 4.76. The molecule has 6 heteroatoms. The molecule has 2 N–H and O–H groups in total. The highest BCUT2D eigenvalue weighted by Crippen LogP contribution is 2.14. The third-order valence-corrected chi connectivity index (χ3v) is 3.11. The molecule has 2 aromatic rings. The number of urea groups is 1. The Kier molecular flexibility index (Phi) is 5.30. The van der Waals surface area contributed by atoms with Crippen molar-refractivity contribution in [1.82, 2.24) is 5.32 Å². The van der Waals surface area contributed by atoms with Gasteiger partial charge in [-0.2, -0.15) is 0 Å². The minimum atomic E-state index is -0.809. The predicted molar refractivity (Wildman–Crippen MR) is 83.1 cm³/mol. The first-order chi connectivity index (χ1) is 10.6. The molecule has 0 fully saturated rings. The monoisotopic (exact) mass is 305 g/mol. The Hall–Kier alpha value is -2.63. The number of halogens is 2. The van der Waals surface area contributed by atoms with Crippen molar-refractivity contribution >= 4 is 17.4 Å². The molecule has 0 aromatic heterocycles. The van der Waals surface area contributed by atoms with Crippen LogP contribution in [0.1, 0.15) is 0 Å². The molecular weight excluding hydrogens is 288 g/mol. The fourth-order valence-corrected chi connectivity index (χ4v) is 1.91. The molecule has 0 atom stereocenters. The van der Waals surface area contributed by atoms with E-state index in [-0.39, 0.29) is 5.69 Å². The van der Waals surface area contributed by atoms with Gasteiger partial charge in [-0.15, -0.1) is 0 Å². The Balaban J connectivity index is 1.78. The van der Waals surface area contributed by atoms with Crippen molar-refractivity contribution in [2.75, 3.05) is 30.4 Å². The standard InChI is InChI=1S/C16H17F2N3O/c1-21(13-5-3-2-4-6-13)10-9-19-16(22)20-15-8-7-12(17)11-14(15)18/h2-8,11H,9-10H2,1H3,(H2,19,20,22). The Morgan fingerprint density at radius 1 is 1.14 bits per heavy atom. The molecule has 0 radical (unpaired) electrons. The number of nitrogens with one attached hydrogen (secondary N) is 2. The summed E-state index contributed by atoms with van der Waals surface area (Å²) in [5.74, 6) is -1.50. The average molecular weight is 305 g/mol. The molecule has 0 bridgehead atoms. The van der Waals surface area contributed by atoms with Gasteiger partial charge in [0.1, 0.15) is 11.6 Å². The zero-order valence-corrected chi connectivity index (χ0v) is 12.1. The lowest BCUT2D eigenvalue weighted by molar-refractivity contribution is 0.252. The molecule has 0 saturated carbocycles. The molecule has 0 aliphatic carbocycles. The number of carbonyl (C=O) groups excluding carboxylic acids is 1. The van der Waals surface area contributed by atoms with Gasteiger partial charge in [-0.25, -0.2) is 13.6 Å². The maximum absolute atomic E-state index is 13.4. The van der Waals surface area contributed by atoms with E-state index >= 15 is 0 Å². The molecular formula is C16H17F2N3O. The van der Waals surface area contributed by atoms with E-state index in [0.29, 0.717) is 13.1 Å². The summed E-state index contributed by atoms with van der Waals surface area (Å²) in [4.78, 5) is 13.7. The van der Waals surface area contributed by atoms with Crippen LogP contribution in [0.5, 0.6) is 0 Å². The smallest absolute Gasteiger partial charge is 0.319 e. The highest BCUT2D eigenvalue weighted by atomic mass is 19.1. The summed E-state index contributed by atoms with van der Waals surface area (Å²) >= 11 is 0. The van der Waals surface area contributed by atoms with Gasteiger partial charge < -0.3 is 15.5 Å². The first-order valence-electron chi connectivity index (χ1n) is 6.82. The summed E-state index contributed by atoms with van der Waals surface area (Å²) in [7, 11) is 1.91. The molecule has 2 aromatic carbocycles. The molecule has 116 valence electrons. The summed E-state index contributed by atoms with van der Waals surface area (Å²) < 4.78 is 26.2. The van der Waals surface area contributed by atoms with Gasteiger partial charge in [-0.05, 0) is 24.3 Å². The van der Waals surface area contributed by atoms with Crippen molar-refractivity contribution in [2.24, 2.45) is 0 Å². The van der Waals surface area contributed by atoms with Gasteiger partial charge in [0.05, 0.1) is 5.69 Å². The third kappa shape index (κ3) is 4.44. The number of hydrogen-bond donors (Lipinski definition) is 2. The molecule has 0 spiro atoms. The Morgan fingerprint density at radius 3 is 2.55 bits per heavy atom. The van der Waals surface area contributed by atoms with E-state index in [0.717, 1.165) is 17.8 Å². The molecule has 0 saturated heterocycles. The summed E-state index contributed by atoms with van der Waals surface area (Å²) in [5.41, 5.74) is 0.976. The first-order valence-corrected chi connectivity index (χ1v) is 6.82. The minimum Gasteiger partial charge on any atom is -0.373 e. The van der Waals surface area contributed by atoms with Gasteiger partial charge in [0.25, 0.3) is 0 Å². The zero-order chi connectivity index (χ0) is 15.9. The lowest BCUT2D eigenvalue weighted by Crippen LogP contribution is -2.35. The highest BCUT2D eigenvalue weighted by Gasteiger charge is 2.07. The van der Waals surface area contributed by atoms with Crippen molar-refractivity contribution in [2.45, 2.75) is 0 Å². The van der Waals surface area contributed by atoms with Crippen molar-refractivity contribution in [3.8, 4) is 0 Å². The Bertz CT molecular complexity index is 635. The molecule has 2 amide bonds. The quantitative estimate of drug-likeness (QED) is 0.891. The largest absolute Gasteiger partial charge is 0.373 e. The van der Waals surface area contributed by atoms with Crippen molar-refractivity contribution in [3.05, 3.63) is 60.2 Å². The normalized spacial score (nSPS) is 10.1. The summed E-state index contributed by atoms with van der Waals surface area (Å²) in [6.07, 6.45) is 0. The molecule has 22 heavy (non-hydrogen) atoms. The van der Waals surface area contributed by atoms with Crippen molar-refractivity contribution in [3.63, 3.8) is 0 Å². The topological polar surface area (TPSA) is 44.4 Å². The number of likely N-dealkylation sites (N-methyl/N-ethyl adjacent to an activating group) is 1. The summed E-state index contributed by atoms with van der Waals surface area (Å²) in [6, 6.07) is 12.2. The van der Waals surface area contributed by atoms with Crippen LogP contribution in [0.15, 0.2) is 48.5 Å². The van der Waals surface area contributed by atoms with E-state index in [1.54, 1.807) is 0 Å². The number of rotatable bonds is 5. The average Bonchev–Trinajstić information content (AvgIpc) is 2.51. The van der Waals surface area contributed by atoms with E-state index in [1.807, 2.05) is 42.3 Å². The number of nitrogens with zero attached hydrogens (tertiary/aromatic N) is 1. The van der Waals surface area contributed by atoms with Crippen molar-refractivity contribution < 1.29 is 13.6 Å². The van der Waals surface area contributed by atoms with Crippen LogP contribution in [0, 0.1) is 11.6 Å². The van der Waals surface area contributed by atoms with Gasteiger partial charge in [0.2, 0.25) is 0 Å². The minimum absolute atomic E-state index is 0.0599. The maximum Gasteiger partial charge on any atom is 0.319 e. The van der Waals surface area contributed by atoms with Gasteiger partial charge in [-0.1, -0.05) is 18.2 Å². The van der Waals surface area contributed by atoms with E-state index < -0.39 is 17.7 Å². The molecule has 0 heterocycles. The Morgan fingerprint density at radius 2 is 1.86 bits per heavy atom. The number of amides is 2. The van der Waals surface area contributed by atoms with E-state index in [4.69, 9.17) is 0 Å². The third-order valence-electron chi connectivity index (χ3n) is 3.11. The SMILES string of the molecule is CN(CCNC(=O)Nc1ccc(F)cc1F)c1ccccc1. The highest BCUT2D eigenvalue weighted by molar-refractivity contribution is 5.89. The Labute approximate surface area is 127 Å². The van der Waals surface area contributed by atoms with Gasteiger partial charge >= 0.3 is 6.03 Å². The van der Waals surface area contributed by atoms with Crippen LogP contribution in [0.4, 0.5) is 25.0 Å². The van der Waals surface area contributed by atoms with E-state index in [2.05, 4.69) is 10.6 Å². The lowest BCUT2D eigenvalue weighted by atomic mass is 10.3. The predicted octanol–water partition coefficient (Wildman–Crippen LogP) is 3.22. The summed E-state index contributed by atoms with van der Waals surface area (Å²) in [6.45, 7) is 0.989. The van der Waals surface area contributed by atoms with Crippen molar-refractivity contribution in [1.29, 1.82) is 0 Å². The van der Waals surface area contributed by atoms with Crippen LogP contribution >= 0.6 is 0 Å². The number of benzene rings is 2. The van der Waals surface area contributed by atoms with Gasteiger partial charge in [-0.3, -0.25) is 0 Å². The fourth-order valence-electron chi connectivity index (χ4n) is 1.91. The second kappa shape index (κ2) is 7.40. The lowest BCUT2D eigenvalue weighted by Gasteiger charge is -2.19. The van der Waals surface area contributed by atoms with Gasteiger partial charge in [0.15, 0.2) is 0 Å². The number of para-hydroxylation sites is 1. The zero-order valence-electron chi connectivity index (χ0n) is 12.1. The van der Waals surface area contributed by atoms with Crippen LogP contribution in [0.25, 0.3) is 0 Å². The van der Waals surface area contributed by atoms with Crippen LogP contribution in [-0.4, -0.2) is 26.2 Å². The fraction of sp³-hybridized carbons (Fsp3) is 0.188. The molecule has 2 rings (SSSR count). The molecule has 0 unspecified atom stereocenters. The molecule has 4 nitrogen and oxygen atoms in total. The van der Waals surface area contributed by atoms with Crippen LogP contribution < -0.4 is 15.5 Å².